The van der Waals surface area contributed by atoms with Gasteiger partial charge >= 0.3 is 0 Å². The van der Waals surface area contributed by atoms with Crippen LogP contribution in [0.1, 0.15) is 42.5 Å². The Balaban J connectivity index is 1.22. The van der Waals surface area contributed by atoms with Crippen LogP contribution in [0.2, 0.25) is 0 Å². The Morgan fingerprint density at radius 1 is 1.07 bits per heavy atom. The summed E-state index contributed by atoms with van der Waals surface area (Å²) in [5, 5.41) is 6.62. The lowest BCUT2D eigenvalue weighted by Gasteiger charge is -2.43. The molecule has 0 spiro atoms. The van der Waals surface area contributed by atoms with Crippen LogP contribution in [0, 0.1) is 5.92 Å². The third-order valence-corrected chi connectivity index (χ3v) is 6.59. The van der Waals surface area contributed by atoms with Crippen molar-refractivity contribution in [1.29, 1.82) is 0 Å². The zero-order valence-corrected chi connectivity index (χ0v) is 16.4. The van der Waals surface area contributed by atoms with E-state index in [9.17, 15) is 9.59 Å². The van der Waals surface area contributed by atoms with Crippen molar-refractivity contribution in [3.05, 3.63) is 70.1 Å². The zero-order valence-electron chi connectivity index (χ0n) is 16.4. The summed E-state index contributed by atoms with van der Waals surface area (Å²) in [4.78, 5) is 25.8. The molecule has 1 aromatic carbocycles. The number of ether oxygens (including phenoxy) is 1. The molecule has 0 unspecified atom stereocenters. The van der Waals surface area contributed by atoms with Crippen molar-refractivity contribution in [3.63, 3.8) is 0 Å². The maximum atomic E-state index is 13.2. The standard InChI is InChI=1S/C23H27N3O3/c27-21-8-4-7-20-16-9-17(13-24-12-16)22(26(20)21)23(28)25-18-10-19(11-18)29-14-15-5-2-1-3-6-15/h1-8,16-19,22,24H,9-14H2,(H,25,28)/t16-,17+,18?,19?,22-/m1/s1. The molecule has 2 bridgehead atoms. The second kappa shape index (κ2) is 7.76. The van der Waals surface area contributed by atoms with Crippen molar-refractivity contribution in [3.8, 4) is 0 Å². The number of nitrogens with zero attached hydrogens (tertiary/aromatic N) is 1. The maximum Gasteiger partial charge on any atom is 0.251 e. The molecule has 3 heterocycles. The van der Waals surface area contributed by atoms with Gasteiger partial charge in [0.1, 0.15) is 6.04 Å². The highest BCUT2D eigenvalue weighted by molar-refractivity contribution is 5.81. The Hall–Kier alpha value is -2.44. The lowest BCUT2D eigenvalue weighted by atomic mass is 9.78. The fraction of sp³-hybridized carbons (Fsp3) is 0.478. The molecule has 2 N–H and O–H groups in total. The molecule has 6 nitrogen and oxygen atoms in total. The van der Waals surface area contributed by atoms with Crippen LogP contribution < -0.4 is 16.2 Å². The highest BCUT2D eigenvalue weighted by Gasteiger charge is 2.42. The minimum atomic E-state index is -0.424. The van der Waals surface area contributed by atoms with E-state index in [4.69, 9.17) is 4.74 Å². The van der Waals surface area contributed by atoms with Crippen molar-refractivity contribution in [1.82, 2.24) is 15.2 Å². The van der Waals surface area contributed by atoms with E-state index in [1.807, 2.05) is 24.3 Å². The molecule has 5 rings (SSSR count). The summed E-state index contributed by atoms with van der Waals surface area (Å²) in [6, 6.07) is 15.2. The first-order valence-corrected chi connectivity index (χ1v) is 10.6. The van der Waals surface area contributed by atoms with E-state index in [0.717, 1.165) is 43.6 Å². The summed E-state index contributed by atoms with van der Waals surface area (Å²) < 4.78 is 7.69. The van der Waals surface area contributed by atoms with Crippen LogP contribution in [-0.2, 0) is 16.1 Å². The molecule has 2 aromatic rings. The van der Waals surface area contributed by atoms with Crippen LogP contribution in [0.3, 0.4) is 0 Å². The first-order chi connectivity index (χ1) is 14.2. The van der Waals surface area contributed by atoms with E-state index in [-0.39, 0.29) is 29.5 Å². The predicted octanol–water partition coefficient (Wildman–Crippen LogP) is 1.96. The summed E-state index contributed by atoms with van der Waals surface area (Å²) in [5.41, 5.74) is 2.08. The van der Waals surface area contributed by atoms with E-state index in [0.29, 0.717) is 12.5 Å². The van der Waals surface area contributed by atoms with Gasteiger partial charge in [-0.15, -0.1) is 0 Å². The summed E-state index contributed by atoms with van der Waals surface area (Å²) in [5.74, 6) is 0.441. The number of aromatic nitrogens is 1. The molecule has 29 heavy (non-hydrogen) atoms. The SMILES string of the molecule is O=C(NC1CC(OCc2ccccc2)C1)[C@H]1[C@@H]2CNC[C@@H](C2)c2cccc(=O)n21. The van der Waals surface area contributed by atoms with E-state index in [1.165, 1.54) is 0 Å². The zero-order chi connectivity index (χ0) is 19.8. The van der Waals surface area contributed by atoms with Crippen molar-refractivity contribution >= 4 is 5.91 Å². The summed E-state index contributed by atoms with van der Waals surface area (Å²) in [6.07, 6.45) is 2.80. The van der Waals surface area contributed by atoms with Gasteiger partial charge in [0.15, 0.2) is 0 Å². The monoisotopic (exact) mass is 393 g/mol. The van der Waals surface area contributed by atoms with Gasteiger partial charge < -0.3 is 15.4 Å². The van der Waals surface area contributed by atoms with E-state index < -0.39 is 6.04 Å². The van der Waals surface area contributed by atoms with Crippen LogP contribution >= 0.6 is 0 Å². The maximum absolute atomic E-state index is 13.2. The normalized spacial score (nSPS) is 30.1. The molecule has 1 saturated carbocycles. The van der Waals surface area contributed by atoms with Crippen molar-refractivity contribution < 1.29 is 9.53 Å². The summed E-state index contributed by atoms with van der Waals surface area (Å²) in [7, 11) is 0. The number of rotatable bonds is 5. The molecule has 0 radical (unpaired) electrons. The number of carbonyl (C=O) groups excluding carboxylic acids is 1. The van der Waals surface area contributed by atoms with Gasteiger partial charge in [-0.05, 0) is 30.9 Å². The fourth-order valence-electron chi connectivity index (χ4n) is 5.02. The molecule has 2 aliphatic heterocycles. The van der Waals surface area contributed by atoms with Gasteiger partial charge in [-0.25, -0.2) is 0 Å². The molecule has 3 atom stereocenters. The molecular weight excluding hydrogens is 366 g/mol. The Kier molecular flexibility index (Phi) is 4.97. The van der Waals surface area contributed by atoms with E-state index >= 15 is 0 Å². The fourth-order valence-corrected chi connectivity index (χ4v) is 5.02. The average Bonchev–Trinajstić information content (AvgIpc) is 2.71. The number of pyridine rings is 1. The minimum absolute atomic E-state index is 0.0294. The van der Waals surface area contributed by atoms with E-state index in [2.05, 4.69) is 22.8 Å². The second-order valence-electron chi connectivity index (χ2n) is 8.55. The number of hydrogen-bond donors (Lipinski definition) is 2. The highest BCUT2D eigenvalue weighted by Crippen LogP contribution is 2.39. The van der Waals surface area contributed by atoms with Crippen LogP contribution in [0.25, 0.3) is 0 Å². The van der Waals surface area contributed by atoms with Crippen molar-refractivity contribution in [2.75, 3.05) is 13.1 Å². The largest absolute Gasteiger partial charge is 0.373 e. The van der Waals surface area contributed by atoms with Gasteiger partial charge in [-0.2, -0.15) is 0 Å². The Morgan fingerprint density at radius 3 is 2.72 bits per heavy atom. The number of fused-ring (bicyclic) bond motifs is 4. The molecule has 152 valence electrons. The minimum Gasteiger partial charge on any atom is -0.373 e. The molecule has 3 aliphatic rings. The number of hydrogen-bond acceptors (Lipinski definition) is 4. The molecular formula is C23H27N3O3. The van der Waals surface area contributed by atoms with Gasteiger partial charge in [0.2, 0.25) is 5.91 Å². The molecule has 1 aromatic heterocycles. The summed E-state index contributed by atoms with van der Waals surface area (Å²) in [6.45, 7) is 2.26. The summed E-state index contributed by atoms with van der Waals surface area (Å²) >= 11 is 0. The first kappa shape index (κ1) is 18.6. The lowest BCUT2D eigenvalue weighted by molar-refractivity contribution is -0.129. The topological polar surface area (TPSA) is 72.4 Å². The number of carbonyl (C=O) groups is 1. The van der Waals surface area contributed by atoms with Gasteiger partial charge in [0, 0.05) is 42.7 Å². The smallest absolute Gasteiger partial charge is 0.251 e. The third kappa shape index (κ3) is 3.63. The number of nitrogens with one attached hydrogen (secondary N) is 2. The third-order valence-electron chi connectivity index (χ3n) is 6.59. The molecule has 6 heteroatoms. The van der Waals surface area contributed by atoms with Gasteiger partial charge in [-0.1, -0.05) is 36.4 Å². The number of piperidine rings is 1. The van der Waals surface area contributed by atoms with Gasteiger partial charge in [-0.3, -0.25) is 14.2 Å². The first-order valence-electron chi connectivity index (χ1n) is 10.6. The van der Waals surface area contributed by atoms with Crippen LogP contribution in [-0.4, -0.2) is 35.7 Å². The Labute approximate surface area is 170 Å². The van der Waals surface area contributed by atoms with Crippen LogP contribution in [0.15, 0.2) is 53.3 Å². The highest BCUT2D eigenvalue weighted by atomic mass is 16.5. The van der Waals surface area contributed by atoms with E-state index in [1.54, 1.807) is 16.7 Å². The quantitative estimate of drug-likeness (QED) is 0.815. The molecule has 2 fully saturated rings. The van der Waals surface area contributed by atoms with Crippen molar-refractivity contribution in [2.24, 2.45) is 5.92 Å². The molecule has 1 aliphatic carbocycles. The second-order valence-corrected chi connectivity index (χ2v) is 8.55. The lowest BCUT2D eigenvalue weighted by Crippen LogP contribution is -2.55. The van der Waals surface area contributed by atoms with Crippen molar-refractivity contribution in [2.45, 2.75) is 50.0 Å². The number of amides is 1. The van der Waals surface area contributed by atoms with Gasteiger partial charge in [0.05, 0.1) is 12.7 Å². The van der Waals surface area contributed by atoms with Crippen LogP contribution in [0.5, 0.6) is 0 Å². The van der Waals surface area contributed by atoms with Crippen LogP contribution in [0.4, 0.5) is 0 Å². The molecule has 1 saturated heterocycles. The Morgan fingerprint density at radius 2 is 1.90 bits per heavy atom. The predicted molar refractivity (Wildman–Crippen MR) is 110 cm³/mol. The van der Waals surface area contributed by atoms with Gasteiger partial charge in [0.25, 0.3) is 5.56 Å². The Bertz CT molecular complexity index is 936. The average molecular weight is 393 g/mol. The number of benzene rings is 1. The molecule has 1 amide bonds.